The first-order valence-corrected chi connectivity index (χ1v) is 5.39. The molecule has 0 aliphatic heterocycles. The number of esters is 1. The SMILES string of the molecule is CCOC(=O)C(C)N(NC)c1ccccc1. The van der Waals surface area contributed by atoms with Gasteiger partial charge in [0.25, 0.3) is 0 Å². The van der Waals surface area contributed by atoms with Crippen LogP contribution in [0.25, 0.3) is 0 Å². The van der Waals surface area contributed by atoms with E-state index in [2.05, 4.69) is 5.43 Å². The number of nitrogens with zero attached hydrogens (tertiary/aromatic N) is 1. The lowest BCUT2D eigenvalue weighted by atomic mass is 10.2. The lowest BCUT2D eigenvalue weighted by molar-refractivity contribution is -0.144. The van der Waals surface area contributed by atoms with Crippen molar-refractivity contribution in [2.45, 2.75) is 19.9 Å². The molecule has 0 saturated heterocycles. The molecule has 1 aromatic rings. The zero-order valence-corrected chi connectivity index (χ0v) is 9.93. The second-order valence-corrected chi connectivity index (χ2v) is 3.36. The lowest BCUT2D eigenvalue weighted by Crippen LogP contribution is -2.47. The molecule has 0 bridgehead atoms. The Morgan fingerprint density at radius 3 is 2.56 bits per heavy atom. The summed E-state index contributed by atoms with van der Waals surface area (Å²) >= 11 is 0. The molecule has 1 aromatic carbocycles. The van der Waals surface area contributed by atoms with Crippen LogP contribution in [0.15, 0.2) is 30.3 Å². The third-order valence-electron chi connectivity index (χ3n) is 2.29. The Balaban J connectivity index is 2.78. The Labute approximate surface area is 96.2 Å². The van der Waals surface area contributed by atoms with E-state index in [1.54, 1.807) is 19.0 Å². The molecule has 0 aliphatic rings. The maximum atomic E-state index is 11.6. The molecule has 4 nitrogen and oxygen atoms in total. The van der Waals surface area contributed by atoms with Gasteiger partial charge >= 0.3 is 5.97 Å². The molecule has 0 heterocycles. The van der Waals surface area contributed by atoms with Gasteiger partial charge in [0.2, 0.25) is 0 Å². The third-order valence-corrected chi connectivity index (χ3v) is 2.29. The zero-order valence-electron chi connectivity index (χ0n) is 9.93. The number of ether oxygens (including phenoxy) is 1. The van der Waals surface area contributed by atoms with Crippen LogP contribution < -0.4 is 10.4 Å². The smallest absolute Gasteiger partial charge is 0.330 e. The topological polar surface area (TPSA) is 41.6 Å². The number of para-hydroxylation sites is 1. The van der Waals surface area contributed by atoms with Crippen molar-refractivity contribution in [2.75, 3.05) is 18.7 Å². The summed E-state index contributed by atoms with van der Waals surface area (Å²) in [5.41, 5.74) is 3.93. The summed E-state index contributed by atoms with van der Waals surface area (Å²) in [6.07, 6.45) is 0. The minimum atomic E-state index is -0.354. The molecule has 1 N–H and O–H groups in total. The Kier molecular flexibility index (Phi) is 4.79. The van der Waals surface area contributed by atoms with Crippen molar-refractivity contribution < 1.29 is 9.53 Å². The highest BCUT2D eigenvalue weighted by Crippen LogP contribution is 2.14. The first-order chi connectivity index (χ1) is 7.70. The van der Waals surface area contributed by atoms with Gasteiger partial charge in [-0.2, -0.15) is 0 Å². The van der Waals surface area contributed by atoms with Crippen LogP contribution in [-0.2, 0) is 9.53 Å². The van der Waals surface area contributed by atoms with Crippen LogP contribution in [0.2, 0.25) is 0 Å². The van der Waals surface area contributed by atoms with E-state index < -0.39 is 0 Å². The van der Waals surface area contributed by atoms with Gasteiger partial charge in [0.1, 0.15) is 6.04 Å². The summed E-state index contributed by atoms with van der Waals surface area (Å²) in [6.45, 7) is 4.01. The van der Waals surface area contributed by atoms with E-state index in [-0.39, 0.29) is 12.0 Å². The molecule has 88 valence electrons. The van der Waals surface area contributed by atoms with Crippen LogP contribution in [0.1, 0.15) is 13.8 Å². The third kappa shape index (κ3) is 2.97. The van der Waals surface area contributed by atoms with Crippen LogP contribution in [0.3, 0.4) is 0 Å². The van der Waals surface area contributed by atoms with Gasteiger partial charge in [-0.25, -0.2) is 10.2 Å². The summed E-state index contributed by atoms with van der Waals surface area (Å²) in [5.74, 6) is -0.235. The second-order valence-electron chi connectivity index (χ2n) is 3.36. The maximum Gasteiger partial charge on any atom is 0.330 e. The molecule has 1 atom stereocenters. The number of nitrogens with one attached hydrogen (secondary N) is 1. The van der Waals surface area contributed by atoms with Crippen LogP contribution in [0.4, 0.5) is 5.69 Å². The van der Waals surface area contributed by atoms with Gasteiger partial charge in [-0.1, -0.05) is 18.2 Å². The molecule has 1 unspecified atom stereocenters. The van der Waals surface area contributed by atoms with Crippen molar-refractivity contribution in [3.05, 3.63) is 30.3 Å². The first-order valence-electron chi connectivity index (χ1n) is 5.39. The van der Waals surface area contributed by atoms with Gasteiger partial charge in [-0.3, -0.25) is 5.01 Å². The van der Waals surface area contributed by atoms with E-state index in [1.807, 2.05) is 37.3 Å². The number of benzene rings is 1. The molecule has 0 spiro atoms. The van der Waals surface area contributed by atoms with Gasteiger partial charge in [-0.15, -0.1) is 0 Å². The van der Waals surface area contributed by atoms with Gasteiger partial charge in [-0.05, 0) is 26.0 Å². The molecule has 1 rings (SSSR count). The highest BCUT2D eigenvalue weighted by Gasteiger charge is 2.21. The molecule has 0 saturated carbocycles. The lowest BCUT2D eigenvalue weighted by Gasteiger charge is -2.28. The standard InChI is InChI=1S/C12H18N2O2/c1-4-16-12(15)10(2)14(13-3)11-8-6-5-7-9-11/h5-10,13H,4H2,1-3H3. The van der Waals surface area contributed by atoms with Crippen molar-refractivity contribution in [1.82, 2.24) is 5.43 Å². The molecule has 16 heavy (non-hydrogen) atoms. The van der Waals surface area contributed by atoms with Crippen molar-refractivity contribution in [3.63, 3.8) is 0 Å². The van der Waals surface area contributed by atoms with E-state index >= 15 is 0 Å². The Morgan fingerprint density at radius 2 is 2.06 bits per heavy atom. The molecular formula is C12H18N2O2. The van der Waals surface area contributed by atoms with E-state index in [1.165, 1.54) is 0 Å². The fourth-order valence-electron chi connectivity index (χ4n) is 1.50. The molecular weight excluding hydrogens is 204 g/mol. The average molecular weight is 222 g/mol. The van der Waals surface area contributed by atoms with Gasteiger partial charge in [0.05, 0.1) is 12.3 Å². The summed E-state index contributed by atoms with van der Waals surface area (Å²) < 4.78 is 4.99. The molecule has 4 heteroatoms. The fourth-order valence-corrected chi connectivity index (χ4v) is 1.50. The number of rotatable bonds is 5. The molecule has 0 aromatic heterocycles. The van der Waals surface area contributed by atoms with Crippen LogP contribution in [0.5, 0.6) is 0 Å². The molecule has 0 amide bonds. The van der Waals surface area contributed by atoms with Crippen molar-refractivity contribution in [1.29, 1.82) is 0 Å². The van der Waals surface area contributed by atoms with Crippen LogP contribution in [-0.4, -0.2) is 25.7 Å². The number of hydrogen-bond acceptors (Lipinski definition) is 4. The molecule has 0 radical (unpaired) electrons. The number of carbonyl (C=O) groups excluding carboxylic acids is 1. The summed E-state index contributed by atoms with van der Waals surface area (Å²) in [4.78, 5) is 11.6. The Morgan fingerprint density at radius 1 is 1.44 bits per heavy atom. The van der Waals surface area contributed by atoms with Gasteiger partial charge < -0.3 is 4.74 Å². The minimum Gasteiger partial charge on any atom is -0.464 e. The van der Waals surface area contributed by atoms with E-state index in [4.69, 9.17) is 4.74 Å². The summed E-state index contributed by atoms with van der Waals surface area (Å²) in [7, 11) is 1.78. The van der Waals surface area contributed by atoms with Crippen molar-refractivity contribution in [3.8, 4) is 0 Å². The highest BCUT2D eigenvalue weighted by atomic mass is 16.5. The van der Waals surface area contributed by atoms with Crippen molar-refractivity contribution in [2.24, 2.45) is 0 Å². The summed E-state index contributed by atoms with van der Waals surface area (Å²) in [6, 6.07) is 9.31. The van der Waals surface area contributed by atoms with Gasteiger partial charge in [0, 0.05) is 7.05 Å². The number of hydrogen-bond donors (Lipinski definition) is 1. The van der Waals surface area contributed by atoms with E-state index in [9.17, 15) is 4.79 Å². The zero-order chi connectivity index (χ0) is 12.0. The number of carbonyl (C=O) groups is 1. The average Bonchev–Trinajstić information content (AvgIpc) is 2.31. The maximum absolute atomic E-state index is 11.6. The minimum absolute atomic E-state index is 0.235. The monoisotopic (exact) mass is 222 g/mol. The first kappa shape index (κ1) is 12.5. The quantitative estimate of drug-likeness (QED) is 0.606. The van der Waals surface area contributed by atoms with Crippen LogP contribution >= 0.6 is 0 Å². The largest absolute Gasteiger partial charge is 0.464 e. The Hall–Kier alpha value is -1.55. The predicted molar refractivity (Wildman–Crippen MR) is 64.1 cm³/mol. The predicted octanol–water partition coefficient (Wildman–Crippen LogP) is 1.58. The summed E-state index contributed by atoms with van der Waals surface area (Å²) in [5, 5.41) is 1.78. The Bertz CT molecular complexity index is 327. The fraction of sp³-hybridized carbons (Fsp3) is 0.417. The van der Waals surface area contributed by atoms with Crippen molar-refractivity contribution >= 4 is 11.7 Å². The highest BCUT2D eigenvalue weighted by molar-refractivity contribution is 5.79. The molecule has 0 aliphatic carbocycles. The van der Waals surface area contributed by atoms with Crippen LogP contribution in [0, 0.1) is 0 Å². The van der Waals surface area contributed by atoms with E-state index in [0.29, 0.717) is 6.61 Å². The normalized spacial score (nSPS) is 11.9. The van der Waals surface area contributed by atoms with E-state index in [0.717, 1.165) is 5.69 Å². The number of anilines is 1. The second kappa shape index (κ2) is 6.12. The molecule has 0 fully saturated rings. The van der Waals surface area contributed by atoms with Gasteiger partial charge in [0.15, 0.2) is 0 Å². The number of hydrazine groups is 1.